The van der Waals surface area contributed by atoms with Crippen LogP contribution in [0.25, 0.3) is 22.5 Å². The molecule has 0 aliphatic carbocycles. The van der Waals surface area contributed by atoms with Crippen molar-refractivity contribution >= 4 is 28.4 Å². The Hall–Kier alpha value is -3.16. The molecule has 0 aliphatic heterocycles. The zero-order chi connectivity index (χ0) is 20.9. The number of carbonyl (C=O) groups excluding carboxylic acids is 1. The number of benzene rings is 2. The summed E-state index contributed by atoms with van der Waals surface area (Å²) in [6.07, 6.45) is 0.897. The lowest BCUT2D eigenvalue weighted by molar-refractivity contribution is 0.101. The number of fused-ring (bicyclic) bond motifs is 1. The number of aliphatic hydroxyl groups is 1. The minimum absolute atomic E-state index is 0.00369. The summed E-state index contributed by atoms with van der Waals surface area (Å²) in [5, 5.41) is 12.1. The first-order valence-corrected chi connectivity index (χ1v) is 10.4. The molecule has 0 saturated heterocycles. The number of thioether (sulfide) groups is 1. The molecular formula is C23H20N2O4S. The van der Waals surface area contributed by atoms with Crippen LogP contribution in [0.5, 0.6) is 5.75 Å². The Morgan fingerprint density at radius 3 is 2.63 bits per heavy atom. The van der Waals surface area contributed by atoms with Gasteiger partial charge in [0.1, 0.15) is 17.4 Å². The molecule has 30 heavy (non-hydrogen) atoms. The first-order chi connectivity index (χ1) is 14.6. The van der Waals surface area contributed by atoms with Gasteiger partial charge in [0, 0.05) is 16.7 Å². The molecule has 6 nitrogen and oxygen atoms in total. The van der Waals surface area contributed by atoms with E-state index in [1.165, 1.54) is 18.7 Å². The number of hydrogen-bond acceptors (Lipinski definition) is 7. The van der Waals surface area contributed by atoms with Crippen LogP contribution in [0.2, 0.25) is 0 Å². The molecule has 7 heteroatoms. The van der Waals surface area contributed by atoms with E-state index < -0.39 is 6.10 Å². The van der Waals surface area contributed by atoms with Crippen molar-refractivity contribution in [1.82, 2.24) is 9.97 Å². The molecule has 0 saturated carbocycles. The minimum Gasteiger partial charge on any atom is -0.491 e. The average molecular weight is 420 g/mol. The number of carbonyl (C=O) groups is 1. The Morgan fingerprint density at radius 1 is 1.10 bits per heavy atom. The van der Waals surface area contributed by atoms with Crippen molar-refractivity contribution < 1.29 is 19.1 Å². The predicted molar refractivity (Wildman–Crippen MR) is 116 cm³/mol. The highest BCUT2D eigenvalue weighted by molar-refractivity contribution is 7.99. The summed E-state index contributed by atoms with van der Waals surface area (Å²) in [5.41, 5.74) is 1.44. The molecule has 0 unspecified atom stereocenters. The lowest BCUT2D eigenvalue weighted by Gasteiger charge is -2.13. The van der Waals surface area contributed by atoms with Gasteiger partial charge in [-0.15, -0.1) is 11.8 Å². The highest BCUT2D eigenvalue weighted by atomic mass is 32.2. The molecule has 0 radical (unpaired) electrons. The van der Waals surface area contributed by atoms with E-state index in [0.717, 1.165) is 15.9 Å². The topological polar surface area (TPSA) is 85.5 Å². The summed E-state index contributed by atoms with van der Waals surface area (Å²) in [6.45, 7) is 1.66. The van der Waals surface area contributed by atoms with Crippen molar-refractivity contribution in [2.75, 3.05) is 12.4 Å². The molecular weight excluding hydrogens is 400 g/mol. The highest BCUT2D eigenvalue weighted by Gasteiger charge is 2.14. The van der Waals surface area contributed by atoms with Gasteiger partial charge in [0.05, 0.1) is 17.9 Å². The third kappa shape index (κ3) is 4.69. The van der Waals surface area contributed by atoms with Gasteiger partial charge in [-0.3, -0.25) is 4.79 Å². The van der Waals surface area contributed by atoms with E-state index in [-0.39, 0.29) is 12.4 Å². The minimum atomic E-state index is -0.691. The quantitative estimate of drug-likeness (QED) is 0.253. The van der Waals surface area contributed by atoms with Crippen molar-refractivity contribution in [2.45, 2.75) is 18.1 Å². The normalized spacial score (nSPS) is 12.1. The second-order valence-electron chi connectivity index (χ2n) is 6.70. The molecule has 4 rings (SSSR count). The SMILES string of the molecule is CC(=O)c1ccc(OC[C@@H](O)CSc2nc(-c3ccco3)nc3ccccc23)cc1. The fraction of sp³-hybridized carbons (Fsp3) is 0.174. The van der Waals surface area contributed by atoms with Gasteiger partial charge < -0.3 is 14.3 Å². The molecule has 0 aliphatic rings. The second kappa shape index (κ2) is 9.11. The van der Waals surface area contributed by atoms with Crippen molar-refractivity contribution in [3.63, 3.8) is 0 Å². The highest BCUT2D eigenvalue weighted by Crippen LogP contribution is 2.29. The molecule has 2 heterocycles. The largest absolute Gasteiger partial charge is 0.491 e. The molecule has 2 aromatic carbocycles. The standard InChI is InChI=1S/C23H20N2O4S/c1-15(26)16-8-10-18(11-9-16)29-13-17(27)14-30-23-19-5-2-3-6-20(19)24-22(25-23)21-7-4-12-28-21/h2-12,17,27H,13-14H2,1H3/t17-/m1/s1. The molecule has 4 aromatic rings. The maximum absolute atomic E-state index is 11.3. The Kier molecular flexibility index (Phi) is 6.11. The maximum Gasteiger partial charge on any atom is 0.197 e. The fourth-order valence-corrected chi connectivity index (χ4v) is 3.80. The molecule has 2 aromatic heterocycles. The molecule has 1 atom stereocenters. The number of ether oxygens (including phenoxy) is 1. The number of aromatic nitrogens is 2. The average Bonchev–Trinajstić information content (AvgIpc) is 3.31. The third-order valence-electron chi connectivity index (χ3n) is 4.43. The number of para-hydroxylation sites is 1. The van der Waals surface area contributed by atoms with Gasteiger partial charge in [-0.1, -0.05) is 18.2 Å². The van der Waals surface area contributed by atoms with Crippen molar-refractivity contribution in [3.8, 4) is 17.3 Å². The predicted octanol–water partition coefficient (Wildman–Crippen LogP) is 4.62. The number of rotatable bonds is 8. The van der Waals surface area contributed by atoms with Crippen LogP contribution in [-0.2, 0) is 0 Å². The molecule has 0 spiro atoms. The summed E-state index contributed by atoms with van der Waals surface area (Å²) in [4.78, 5) is 20.5. The maximum atomic E-state index is 11.3. The first-order valence-electron chi connectivity index (χ1n) is 9.45. The van der Waals surface area contributed by atoms with Crippen LogP contribution in [0, 0.1) is 0 Å². The van der Waals surface area contributed by atoms with E-state index in [4.69, 9.17) is 9.15 Å². The summed E-state index contributed by atoms with van der Waals surface area (Å²) in [7, 11) is 0. The lowest BCUT2D eigenvalue weighted by atomic mass is 10.1. The number of hydrogen-bond donors (Lipinski definition) is 1. The Morgan fingerprint density at radius 2 is 1.90 bits per heavy atom. The number of ketones is 1. The molecule has 152 valence electrons. The van der Waals surface area contributed by atoms with Gasteiger partial charge in [0.2, 0.25) is 0 Å². The van der Waals surface area contributed by atoms with Crippen LogP contribution in [0.1, 0.15) is 17.3 Å². The Balaban J connectivity index is 1.43. The zero-order valence-electron chi connectivity index (χ0n) is 16.3. The van der Waals surface area contributed by atoms with Gasteiger partial charge in [-0.2, -0.15) is 0 Å². The van der Waals surface area contributed by atoms with Crippen molar-refractivity contribution in [1.29, 1.82) is 0 Å². The first kappa shape index (κ1) is 20.1. The van der Waals surface area contributed by atoms with E-state index in [1.54, 1.807) is 36.6 Å². The van der Waals surface area contributed by atoms with E-state index in [0.29, 0.717) is 28.7 Å². The molecule has 1 N–H and O–H groups in total. The van der Waals surface area contributed by atoms with Crippen LogP contribution >= 0.6 is 11.8 Å². The number of furan rings is 1. The molecule has 0 fully saturated rings. The van der Waals surface area contributed by atoms with Crippen molar-refractivity contribution in [2.24, 2.45) is 0 Å². The Labute approximate surface area is 177 Å². The van der Waals surface area contributed by atoms with Crippen LogP contribution in [0.4, 0.5) is 0 Å². The fourth-order valence-electron chi connectivity index (χ4n) is 2.88. The van der Waals surface area contributed by atoms with Crippen LogP contribution in [0.3, 0.4) is 0 Å². The van der Waals surface area contributed by atoms with Gasteiger partial charge >= 0.3 is 0 Å². The van der Waals surface area contributed by atoms with Gasteiger partial charge in [0.25, 0.3) is 0 Å². The second-order valence-corrected chi connectivity index (χ2v) is 7.71. The van der Waals surface area contributed by atoms with E-state index in [1.807, 2.05) is 30.3 Å². The summed E-state index contributed by atoms with van der Waals surface area (Å²) < 4.78 is 11.1. The smallest absolute Gasteiger partial charge is 0.197 e. The Bertz CT molecular complexity index is 1140. The summed E-state index contributed by atoms with van der Waals surface area (Å²) in [6, 6.07) is 18.2. The van der Waals surface area contributed by atoms with Crippen LogP contribution in [0.15, 0.2) is 76.4 Å². The van der Waals surface area contributed by atoms with Crippen LogP contribution < -0.4 is 4.74 Å². The van der Waals surface area contributed by atoms with E-state index in [2.05, 4.69) is 9.97 Å². The van der Waals surface area contributed by atoms with Gasteiger partial charge in [0.15, 0.2) is 17.4 Å². The monoisotopic (exact) mass is 420 g/mol. The van der Waals surface area contributed by atoms with E-state index >= 15 is 0 Å². The molecule has 0 bridgehead atoms. The number of aliphatic hydroxyl groups excluding tert-OH is 1. The number of nitrogens with zero attached hydrogens (tertiary/aromatic N) is 2. The zero-order valence-corrected chi connectivity index (χ0v) is 17.1. The third-order valence-corrected chi connectivity index (χ3v) is 5.56. The summed E-state index contributed by atoms with van der Waals surface area (Å²) in [5.74, 6) is 2.13. The van der Waals surface area contributed by atoms with Crippen LogP contribution in [-0.4, -0.2) is 39.3 Å². The van der Waals surface area contributed by atoms with Crippen molar-refractivity contribution in [3.05, 3.63) is 72.5 Å². The number of Topliss-reactive ketones (excluding diaryl/α,β-unsaturated/α-hetero) is 1. The van der Waals surface area contributed by atoms with Gasteiger partial charge in [-0.25, -0.2) is 9.97 Å². The lowest BCUT2D eigenvalue weighted by Crippen LogP contribution is -2.20. The van der Waals surface area contributed by atoms with E-state index in [9.17, 15) is 9.90 Å². The van der Waals surface area contributed by atoms with Gasteiger partial charge in [-0.05, 0) is 49.4 Å². The molecule has 0 amide bonds. The summed E-state index contributed by atoms with van der Waals surface area (Å²) >= 11 is 1.44.